The number of nitrogens with one attached hydrogen (secondary N) is 2. The van der Waals surface area contributed by atoms with E-state index in [4.69, 9.17) is 0 Å². The van der Waals surface area contributed by atoms with Crippen LogP contribution in [0.25, 0.3) is 0 Å². The van der Waals surface area contributed by atoms with E-state index < -0.39 is 0 Å². The van der Waals surface area contributed by atoms with Crippen molar-refractivity contribution in [1.29, 1.82) is 0 Å². The summed E-state index contributed by atoms with van der Waals surface area (Å²) in [5, 5.41) is 15.3. The highest BCUT2D eigenvalue weighted by molar-refractivity contribution is 9.10. The SMILES string of the molecule is O=C(CSc1ccc(N2CCC[C@H](C(=O)NC3CC3)C2)nn1)Nc1ccc(Br)cc1. The van der Waals surface area contributed by atoms with Gasteiger partial charge < -0.3 is 15.5 Å². The lowest BCUT2D eigenvalue weighted by Gasteiger charge is -2.32. The maximum Gasteiger partial charge on any atom is 0.234 e. The molecule has 2 fully saturated rings. The molecule has 1 aromatic heterocycles. The summed E-state index contributed by atoms with van der Waals surface area (Å²) in [5.74, 6) is 1.13. The molecule has 4 rings (SSSR count). The molecule has 2 N–H and O–H groups in total. The van der Waals surface area contributed by atoms with Crippen LogP contribution in [0, 0.1) is 5.92 Å². The Morgan fingerprint density at radius 3 is 2.60 bits per heavy atom. The summed E-state index contributed by atoms with van der Waals surface area (Å²) in [4.78, 5) is 26.6. The Bertz CT molecular complexity index is 889. The van der Waals surface area contributed by atoms with Gasteiger partial charge in [-0.25, -0.2) is 0 Å². The van der Waals surface area contributed by atoms with Gasteiger partial charge in [0.15, 0.2) is 5.82 Å². The molecule has 1 aromatic carbocycles. The van der Waals surface area contributed by atoms with Crippen LogP contribution < -0.4 is 15.5 Å². The molecule has 158 valence electrons. The summed E-state index contributed by atoms with van der Waals surface area (Å²) in [7, 11) is 0. The van der Waals surface area contributed by atoms with Crippen LogP contribution in [0.2, 0.25) is 0 Å². The van der Waals surface area contributed by atoms with E-state index >= 15 is 0 Å². The number of nitrogens with zero attached hydrogens (tertiary/aromatic N) is 3. The Labute approximate surface area is 188 Å². The number of anilines is 2. The van der Waals surface area contributed by atoms with Gasteiger partial charge in [-0.2, -0.15) is 0 Å². The van der Waals surface area contributed by atoms with E-state index in [-0.39, 0.29) is 23.5 Å². The minimum atomic E-state index is -0.0891. The molecule has 2 aromatic rings. The Kier molecular flexibility index (Phi) is 6.89. The number of aromatic nitrogens is 2. The van der Waals surface area contributed by atoms with Gasteiger partial charge in [0.05, 0.1) is 11.7 Å². The minimum Gasteiger partial charge on any atom is -0.354 e. The molecule has 2 amide bonds. The average Bonchev–Trinajstić information content (AvgIpc) is 3.58. The number of benzene rings is 1. The highest BCUT2D eigenvalue weighted by atomic mass is 79.9. The van der Waals surface area contributed by atoms with Crippen molar-refractivity contribution < 1.29 is 9.59 Å². The van der Waals surface area contributed by atoms with Crippen molar-refractivity contribution in [1.82, 2.24) is 15.5 Å². The monoisotopic (exact) mass is 489 g/mol. The van der Waals surface area contributed by atoms with Crippen molar-refractivity contribution in [3.8, 4) is 0 Å². The number of hydrogen-bond acceptors (Lipinski definition) is 6. The summed E-state index contributed by atoms with van der Waals surface area (Å²) < 4.78 is 0.966. The van der Waals surface area contributed by atoms with Crippen molar-refractivity contribution in [2.24, 2.45) is 5.92 Å². The molecule has 0 unspecified atom stereocenters. The van der Waals surface area contributed by atoms with E-state index in [1.807, 2.05) is 36.4 Å². The Morgan fingerprint density at radius 1 is 1.10 bits per heavy atom. The summed E-state index contributed by atoms with van der Waals surface area (Å²) >= 11 is 4.72. The first-order valence-electron chi connectivity index (χ1n) is 10.1. The average molecular weight is 490 g/mol. The summed E-state index contributed by atoms with van der Waals surface area (Å²) in [6, 6.07) is 11.7. The van der Waals surface area contributed by atoms with Crippen molar-refractivity contribution in [2.45, 2.75) is 36.8 Å². The van der Waals surface area contributed by atoms with Gasteiger partial charge in [0.2, 0.25) is 11.8 Å². The number of carbonyl (C=O) groups is 2. The van der Waals surface area contributed by atoms with Crippen LogP contribution >= 0.6 is 27.7 Å². The fourth-order valence-corrected chi connectivity index (χ4v) is 4.25. The fourth-order valence-electron chi connectivity index (χ4n) is 3.37. The lowest BCUT2D eigenvalue weighted by Crippen LogP contribution is -2.44. The molecule has 0 radical (unpaired) electrons. The molecule has 1 atom stereocenters. The van der Waals surface area contributed by atoms with Crippen molar-refractivity contribution >= 4 is 51.0 Å². The normalized spacial score (nSPS) is 18.7. The number of carbonyl (C=O) groups excluding carboxylic acids is 2. The lowest BCUT2D eigenvalue weighted by molar-refractivity contribution is -0.125. The van der Waals surface area contributed by atoms with Crippen molar-refractivity contribution in [2.75, 3.05) is 29.1 Å². The van der Waals surface area contributed by atoms with E-state index in [2.05, 4.69) is 41.7 Å². The number of piperidine rings is 1. The van der Waals surface area contributed by atoms with Gasteiger partial charge in [-0.1, -0.05) is 27.7 Å². The van der Waals surface area contributed by atoms with Gasteiger partial charge in [0, 0.05) is 29.3 Å². The molecule has 9 heteroatoms. The third-order valence-corrected chi connectivity index (χ3v) is 6.59. The first kappa shape index (κ1) is 21.1. The number of hydrogen-bond donors (Lipinski definition) is 2. The quantitative estimate of drug-likeness (QED) is 0.579. The van der Waals surface area contributed by atoms with Crippen molar-refractivity contribution in [3.63, 3.8) is 0 Å². The molecule has 1 aliphatic carbocycles. The summed E-state index contributed by atoms with van der Waals surface area (Å²) in [5.41, 5.74) is 0.760. The van der Waals surface area contributed by atoms with Crippen LogP contribution in [-0.4, -0.2) is 46.9 Å². The van der Waals surface area contributed by atoms with Crippen molar-refractivity contribution in [3.05, 3.63) is 40.9 Å². The number of amides is 2. The van der Waals surface area contributed by atoms with E-state index in [9.17, 15) is 9.59 Å². The molecule has 2 heterocycles. The highest BCUT2D eigenvalue weighted by Crippen LogP contribution is 2.25. The molecule has 0 spiro atoms. The predicted molar refractivity (Wildman–Crippen MR) is 122 cm³/mol. The van der Waals surface area contributed by atoms with Crippen LogP contribution in [-0.2, 0) is 9.59 Å². The second kappa shape index (κ2) is 9.78. The number of rotatable bonds is 7. The largest absolute Gasteiger partial charge is 0.354 e. The smallest absolute Gasteiger partial charge is 0.234 e. The maximum atomic E-state index is 12.4. The number of halogens is 1. The molecular formula is C21H24BrN5O2S. The third-order valence-electron chi connectivity index (χ3n) is 5.15. The zero-order valence-electron chi connectivity index (χ0n) is 16.5. The first-order valence-corrected chi connectivity index (χ1v) is 11.9. The van der Waals surface area contributed by atoms with Crippen LogP contribution in [0.15, 0.2) is 45.9 Å². The van der Waals surface area contributed by atoms with E-state index in [1.54, 1.807) is 0 Å². The standard InChI is InChI=1S/C21H24BrN5O2S/c22-15-3-5-16(6-4-15)23-19(28)13-30-20-10-9-18(25-26-20)27-11-1-2-14(12-27)21(29)24-17-7-8-17/h3-6,9-10,14,17H,1-2,7-8,11-13H2,(H,23,28)(H,24,29)/t14-/m0/s1. The fraction of sp³-hybridized carbons (Fsp3) is 0.429. The van der Waals surface area contributed by atoms with E-state index in [1.165, 1.54) is 11.8 Å². The Morgan fingerprint density at radius 2 is 1.90 bits per heavy atom. The summed E-state index contributed by atoms with van der Waals surface area (Å²) in [6.07, 6.45) is 4.10. The van der Waals surface area contributed by atoms with Gasteiger partial charge >= 0.3 is 0 Å². The topological polar surface area (TPSA) is 87.2 Å². The lowest BCUT2D eigenvalue weighted by atomic mass is 9.97. The molecule has 30 heavy (non-hydrogen) atoms. The second-order valence-electron chi connectivity index (χ2n) is 7.64. The molecule has 1 aliphatic heterocycles. The summed E-state index contributed by atoms with van der Waals surface area (Å²) in [6.45, 7) is 1.55. The Balaban J connectivity index is 1.26. The molecule has 0 bridgehead atoms. The molecule has 1 saturated heterocycles. The number of thioether (sulfide) groups is 1. The maximum absolute atomic E-state index is 12.4. The molecule has 1 saturated carbocycles. The Hall–Kier alpha value is -2.13. The van der Waals surface area contributed by atoms with Gasteiger partial charge in [0.1, 0.15) is 5.03 Å². The van der Waals surface area contributed by atoms with Gasteiger partial charge in [-0.15, -0.1) is 10.2 Å². The van der Waals surface area contributed by atoms with Crippen LogP contribution in [0.4, 0.5) is 11.5 Å². The molecular weight excluding hydrogens is 466 g/mol. The van der Waals surface area contributed by atoms with E-state index in [0.29, 0.717) is 17.6 Å². The predicted octanol–water partition coefficient (Wildman–Crippen LogP) is 3.46. The third kappa shape index (κ3) is 5.95. The van der Waals surface area contributed by atoms with E-state index in [0.717, 1.165) is 48.2 Å². The first-order chi connectivity index (χ1) is 14.6. The molecule has 2 aliphatic rings. The zero-order valence-corrected chi connectivity index (χ0v) is 18.9. The zero-order chi connectivity index (χ0) is 20.9. The van der Waals surface area contributed by atoms with Crippen LogP contribution in [0.1, 0.15) is 25.7 Å². The highest BCUT2D eigenvalue weighted by Gasteiger charge is 2.30. The van der Waals surface area contributed by atoms with Crippen LogP contribution in [0.5, 0.6) is 0 Å². The van der Waals surface area contributed by atoms with Crippen LogP contribution in [0.3, 0.4) is 0 Å². The minimum absolute atomic E-state index is 0.0116. The van der Waals surface area contributed by atoms with Gasteiger partial charge in [-0.05, 0) is 62.1 Å². The second-order valence-corrected chi connectivity index (χ2v) is 9.55. The molecule has 7 nitrogen and oxygen atoms in total. The van der Waals surface area contributed by atoms with Gasteiger partial charge in [-0.3, -0.25) is 9.59 Å². The van der Waals surface area contributed by atoms with Gasteiger partial charge in [0.25, 0.3) is 0 Å².